The van der Waals surface area contributed by atoms with Crippen LogP contribution in [-0.2, 0) is 6.42 Å². The van der Waals surface area contributed by atoms with Crippen molar-refractivity contribution in [2.45, 2.75) is 26.2 Å². The molecular weight excluding hydrogens is 292 g/mol. The third kappa shape index (κ3) is 2.79. The summed E-state index contributed by atoms with van der Waals surface area (Å²) in [6, 6.07) is 14.2. The molecule has 0 saturated carbocycles. The highest BCUT2D eigenvalue weighted by molar-refractivity contribution is 6.34. The van der Waals surface area contributed by atoms with Crippen LogP contribution in [0.1, 0.15) is 25.3 Å². The van der Waals surface area contributed by atoms with E-state index in [1.54, 1.807) is 6.20 Å². The van der Waals surface area contributed by atoms with Crippen molar-refractivity contribution in [2.75, 3.05) is 5.73 Å². The molecule has 0 bridgehead atoms. The molecule has 3 aromatic rings. The van der Waals surface area contributed by atoms with E-state index in [2.05, 4.69) is 30.1 Å². The highest BCUT2D eigenvalue weighted by Gasteiger charge is 2.12. The van der Waals surface area contributed by atoms with Gasteiger partial charge in [0.2, 0.25) is 0 Å². The van der Waals surface area contributed by atoms with Crippen LogP contribution in [0.3, 0.4) is 0 Å². The van der Waals surface area contributed by atoms with Gasteiger partial charge in [-0.3, -0.25) is 4.98 Å². The van der Waals surface area contributed by atoms with Gasteiger partial charge in [-0.15, -0.1) is 0 Å². The number of nitrogens with two attached hydrogens (primary N) is 1. The molecule has 2 N–H and O–H groups in total. The van der Waals surface area contributed by atoms with Crippen molar-refractivity contribution in [3.05, 3.63) is 59.2 Å². The van der Waals surface area contributed by atoms with E-state index < -0.39 is 0 Å². The van der Waals surface area contributed by atoms with Crippen LogP contribution in [0, 0.1) is 0 Å². The fraction of sp³-hybridized carbons (Fsp3) is 0.211. The lowest BCUT2D eigenvalue weighted by atomic mass is 9.97. The van der Waals surface area contributed by atoms with Gasteiger partial charge in [-0.25, -0.2) is 0 Å². The van der Waals surface area contributed by atoms with E-state index in [0.717, 1.165) is 28.5 Å². The first-order valence-electron chi connectivity index (χ1n) is 7.62. The number of halogens is 1. The molecule has 1 heterocycles. The van der Waals surface area contributed by atoms with E-state index >= 15 is 0 Å². The summed E-state index contributed by atoms with van der Waals surface area (Å²) in [4.78, 5) is 4.45. The average Bonchev–Trinajstić information content (AvgIpc) is 2.54. The monoisotopic (exact) mass is 310 g/mol. The van der Waals surface area contributed by atoms with Crippen LogP contribution in [0.2, 0.25) is 5.02 Å². The Morgan fingerprint density at radius 2 is 1.95 bits per heavy atom. The molecule has 0 spiro atoms. The van der Waals surface area contributed by atoms with Gasteiger partial charge in [0.25, 0.3) is 0 Å². The van der Waals surface area contributed by atoms with Crippen LogP contribution in [0.15, 0.2) is 48.7 Å². The van der Waals surface area contributed by atoms with Crippen molar-refractivity contribution in [1.82, 2.24) is 4.98 Å². The molecule has 2 nitrogen and oxygen atoms in total. The number of hydrogen-bond donors (Lipinski definition) is 1. The zero-order chi connectivity index (χ0) is 15.5. The molecule has 0 aliphatic rings. The standard InChI is InChI=1S/C19H19ClN2/c1-2-3-6-13-9-10-18-15(11-13)19(17(21)12-22-18)14-7-4-5-8-16(14)20/h4-5,7-12H,2-3,6,21H2,1H3. The summed E-state index contributed by atoms with van der Waals surface area (Å²) in [6.07, 6.45) is 5.16. The summed E-state index contributed by atoms with van der Waals surface area (Å²) >= 11 is 6.38. The number of pyridine rings is 1. The highest BCUT2D eigenvalue weighted by atomic mass is 35.5. The van der Waals surface area contributed by atoms with Crippen LogP contribution < -0.4 is 5.73 Å². The smallest absolute Gasteiger partial charge is 0.0710 e. The Bertz CT molecular complexity index is 812. The Morgan fingerprint density at radius 1 is 1.14 bits per heavy atom. The lowest BCUT2D eigenvalue weighted by molar-refractivity contribution is 0.796. The second-order valence-corrected chi connectivity index (χ2v) is 5.93. The largest absolute Gasteiger partial charge is 0.397 e. The predicted molar refractivity (Wildman–Crippen MR) is 95.2 cm³/mol. The molecule has 0 aliphatic heterocycles. The number of anilines is 1. The quantitative estimate of drug-likeness (QED) is 0.693. The molecule has 3 heteroatoms. The lowest BCUT2D eigenvalue weighted by Crippen LogP contribution is -1.95. The summed E-state index contributed by atoms with van der Waals surface area (Å²) in [6.45, 7) is 2.20. The van der Waals surface area contributed by atoms with Crippen molar-refractivity contribution in [3.8, 4) is 11.1 Å². The van der Waals surface area contributed by atoms with Gasteiger partial charge in [0.05, 0.1) is 17.4 Å². The molecule has 2 aromatic carbocycles. The van der Waals surface area contributed by atoms with Gasteiger partial charge < -0.3 is 5.73 Å². The number of fused-ring (bicyclic) bond motifs is 1. The van der Waals surface area contributed by atoms with Crippen molar-refractivity contribution in [1.29, 1.82) is 0 Å². The van der Waals surface area contributed by atoms with Gasteiger partial charge >= 0.3 is 0 Å². The second kappa shape index (κ2) is 6.37. The first-order chi connectivity index (χ1) is 10.7. The molecule has 0 unspecified atom stereocenters. The number of unbranched alkanes of at least 4 members (excludes halogenated alkanes) is 1. The number of nitrogen functional groups attached to an aromatic ring is 1. The third-order valence-corrected chi connectivity index (χ3v) is 4.25. The molecular formula is C19H19ClN2. The van der Waals surface area contributed by atoms with Gasteiger partial charge in [-0.05, 0) is 36.6 Å². The zero-order valence-electron chi connectivity index (χ0n) is 12.6. The van der Waals surface area contributed by atoms with Crippen molar-refractivity contribution >= 4 is 28.2 Å². The summed E-state index contributed by atoms with van der Waals surface area (Å²) in [5, 5.41) is 1.78. The Morgan fingerprint density at radius 3 is 2.73 bits per heavy atom. The number of aryl methyl sites for hydroxylation is 1. The number of nitrogens with zero attached hydrogens (tertiary/aromatic N) is 1. The summed E-state index contributed by atoms with van der Waals surface area (Å²) in [5.74, 6) is 0. The van der Waals surface area contributed by atoms with E-state index in [-0.39, 0.29) is 0 Å². The molecule has 0 amide bonds. The zero-order valence-corrected chi connectivity index (χ0v) is 13.4. The van der Waals surface area contributed by atoms with E-state index in [1.165, 1.54) is 18.4 Å². The molecule has 0 radical (unpaired) electrons. The molecule has 112 valence electrons. The number of rotatable bonds is 4. The van der Waals surface area contributed by atoms with Crippen LogP contribution in [-0.4, -0.2) is 4.98 Å². The number of aromatic nitrogens is 1. The Balaban J connectivity index is 2.23. The number of hydrogen-bond acceptors (Lipinski definition) is 2. The normalized spacial score (nSPS) is 11.0. The highest BCUT2D eigenvalue weighted by Crippen LogP contribution is 2.37. The SMILES string of the molecule is CCCCc1ccc2ncc(N)c(-c3ccccc3Cl)c2c1. The minimum Gasteiger partial charge on any atom is -0.397 e. The van der Waals surface area contributed by atoms with E-state index in [4.69, 9.17) is 17.3 Å². The fourth-order valence-electron chi connectivity index (χ4n) is 2.76. The first kappa shape index (κ1) is 14.9. The molecule has 0 atom stereocenters. The van der Waals surface area contributed by atoms with Crippen LogP contribution in [0.5, 0.6) is 0 Å². The van der Waals surface area contributed by atoms with Gasteiger partial charge in [0.1, 0.15) is 0 Å². The van der Waals surface area contributed by atoms with E-state index in [0.29, 0.717) is 10.7 Å². The van der Waals surface area contributed by atoms with Crippen LogP contribution >= 0.6 is 11.6 Å². The maximum atomic E-state index is 6.38. The minimum absolute atomic E-state index is 0.660. The summed E-state index contributed by atoms with van der Waals surface area (Å²) in [7, 11) is 0. The van der Waals surface area contributed by atoms with Gasteiger partial charge in [-0.2, -0.15) is 0 Å². The van der Waals surface area contributed by atoms with Crippen molar-refractivity contribution < 1.29 is 0 Å². The fourth-order valence-corrected chi connectivity index (χ4v) is 2.99. The van der Waals surface area contributed by atoms with Gasteiger partial charge in [-0.1, -0.05) is 49.2 Å². The third-order valence-electron chi connectivity index (χ3n) is 3.92. The Kier molecular flexibility index (Phi) is 4.30. The summed E-state index contributed by atoms with van der Waals surface area (Å²) < 4.78 is 0. The molecule has 0 fully saturated rings. The van der Waals surface area contributed by atoms with E-state index in [1.807, 2.05) is 24.3 Å². The number of benzene rings is 2. The maximum Gasteiger partial charge on any atom is 0.0710 e. The van der Waals surface area contributed by atoms with Crippen molar-refractivity contribution in [3.63, 3.8) is 0 Å². The first-order valence-corrected chi connectivity index (χ1v) is 8.00. The predicted octanol–water partition coefficient (Wildman–Crippen LogP) is 5.48. The molecule has 1 aromatic heterocycles. The Hall–Kier alpha value is -2.06. The van der Waals surface area contributed by atoms with Crippen LogP contribution in [0.25, 0.3) is 22.0 Å². The van der Waals surface area contributed by atoms with Gasteiger partial charge in [0, 0.05) is 21.5 Å². The summed E-state index contributed by atoms with van der Waals surface area (Å²) in [5.41, 5.74) is 11.1. The lowest BCUT2D eigenvalue weighted by Gasteiger charge is -2.12. The molecule has 22 heavy (non-hydrogen) atoms. The van der Waals surface area contributed by atoms with E-state index in [9.17, 15) is 0 Å². The molecule has 3 rings (SSSR count). The van der Waals surface area contributed by atoms with Crippen LogP contribution in [0.4, 0.5) is 5.69 Å². The minimum atomic E-state index is 0.660. The topological polar surface area (TPSA) is 38.9 Å². The van der Waals surface area contributed by atoms with Crippen molar-refractivity contribution in [2.24, 2.45) is 0 Å². The molecule has 0 aliphatic carbocycles. The second-order valence-electron chi connectivity index (χ2n) is 5.52. The van der Waals surface area contributed by atoms with Gasteiger partial charge in [0.15, 0.2) is 0 Å². The average molecular weight is 311 g/mol. The molecule has 0 saturated heterocycles. The maximum absolute atomic E-state index is 6.38. The Labute approximate surface area is 135 Å².